The van der Waals surface area contributed by atoms with Gasteiger partial charge in [0.2, 0.25) is 0 Å². The molecule has 3 aliphatic rings. The largest absolute Gasteiger partial charge is 0.573 e. The van der Waals surface area contributed by atoms with Gasteiger partial charge < -0.3 is 24.7 Å². The van der Waals surface area contributed by atoms with Crippen molar-refractivity contribution in [1.29, 1.82) is 0 Å². The number of carbonyl (C=O) groups excluding carboxylic acids is 1. The van der Waals surface area contributed by atoms with Gasteiger partial charge in [-0.2, -0.15) is 0 Å². The van der Waals surface area contributed by atoms with Crippen LogP contribution in [0.1, 0.15) is 54.6 Å². The predicted octanol–water partition coefficient (Wildman–Crippen LogP) is 2.72. The van der Waals surface area contributed by atoms with E-state index >= 15 is 0 Å². The highest BCUT2D eigenvalue weighted by atomic mass is 19.4. The SMILES string of the molecule is COC(=O)C1Cc2c([nH]c3ccccc23)C2CC([NH2+]C3CC3)CC(c3ccc(OC(F)(F)F)cc3)[NH+]12. The number of esters is 1. The molecule has 0 bridgehead atoms. The first-order chi connectivity index (χ1) is 17.3. The van der Waals surface area contributed by atoms with Gasteiger partial charge in [0.1, 0.15) is 17.8 Å². The number of fused-ring (bicyclic) bond motifs is 5. The van der Waals surface area contributed by atoms with Crippen LogP contribution in [-0.4, -0.2) is 42.6 Å². The van der Waals surface area contributed by atoms with Gasteiger partial charge >= 0.3 is 12.3 Å². The molecule has 2 fully saturated rings. The van der Waals surface area contributed by atoms with Crippen molar-refractivity contribution in [3.05, 3.63) is 65.4 Å². The van der Waals surface area contributed by atoms with Crippen molar-refractivity contribution < 1.29 is 37.7 Å². The Balaban J connectivity index is 1.42. The van der Waals surface area contributed by atoms with Crippen LogP contribution in [0.5, 0.6) is 5.75 Å². The number of nitrogens with two attached hydrogens (primary N) is 1. The number of alkyl halides is 3. The number of rotatable bonds is 5. The van der Waals surface area contributed by atoms with Crippen molar-refractivity contribution in [3.63, 3.8) is 0 Å². The van der Waals surface area contributed by atoms with Crippen LogP contribution < -0.4 is 15.0 Å². The van der Waals surface area contributed by atoms with Crippen molar-refractivity contribution in [1.82, 2.24) is 4.98 Å². The minimum atomic E-state index is -4.73. The fourth-order valence-electron chi connectivity index (χ4n) is 6.47. The minimum absolute atomic E-state index is 0.0510. The van der Waals surface area contributed by atoms with E-state index in [9.17, 15) is 18.0 Å². The van der Waals surface area contributed by atoms with E-state index in [0.717, 1.165) is 34.2 Å². The van der Waals surface area contributed by atoms with Crippen molar-refractivity contribution in [3.8, 4) is 5.75 Å². The zero-order valence-corrected chi connectivity index (χ0v) is 20.0. The number of aromatic amines is 1. The van der Waals surface area contributed by atoms with Gasteiger partial charge in [0.15, 0.2) is 6.04 Å². The highest BCUT2D eigenvalue weighted by Crippen LogP contribution is 2.37. The van der Waals surface area contributed by atoms with Crippen molar-refractivity contribution in [2.24, 2.45) is 0 Å². The number of hydrogen-bond acceptors (Lipinski definition) is 3. The summed E-state index contributed by atoms with van der Waals surface area (Å²) < 4.78 is 47.5. The van der Waals surface area contributed by atoms with Gasteiger partial charge in [-0.25, -0.2) is 4.79 Å². The number of para-hydroxylation sites is 1. The number of H-pyrrole nitrogens is 1. The molecule has 0 radical (unpaired) electrons. The Morgan fingerprint density at radius 3 is 2.44 bits per heavy atom. The minimum Gasteiger partial charge on any atom is -0.465 e. The molecule has 0 amide bonds. The second kappa shape index (κ2) is 8.81. The molecule has 2 aliphatic heterocycles. The summed E-state index contributed by atoms with van der Waals surface area (Å²) in [6.07, 6.45) is 0.0148. The lowest BCUT2D eigenvalue weighted by Gasteiger charge is -2.46. The number of carbonyl (C=O) groups is 1. The summed E-state index contributed by atoms with van der Waals surface area (Å²) in [7, 11) is 1.42. The van der Waals surface area contributed by atoms with Gasteiger partial charge in [-0.05, 0) is 35.9 Å². The van der Waals surface area contributed by atoms with Gasteiger partial charge in [-0.1, -0.05) is 18.2 Å². The van der Waals surface area contributed by atoms with E-state index in [1.54, 1.807) is 12.1 Å². The molecule has 1 aromatic heterocycles. The van der Waals surface area contributed by atoms with Gasteiger partial charge in [-0.15, -0.1) is 13.2 Å². The number of ether oxygens (including phenoxy) is 2. The molecule has 1 aliphatic carbocycles. The summed E-state index contributed by atoms with van der Waals surface area (Å²) >= 11 is 0. The first-order valence-electron chi connectivity index (χ1n) is 12.6. The highest BCUT2D eigenvalue weighted by Gasteiger charge is 2.53. The fraction of sp³-hybridized carbons (Fsp3) is 0.444. The maximum atomic E-state index is 13.1. The second-order valence-corrected chi connectivity index (χ2v) is 10.3. The Morgan fingerprint density at radius 2 is 1.75 bits per heavy atom. The number of aromatic nitrogens is 1. The normalized spacial score (nSPS) is 27.8. The second-order valence-electron chi connectivity index (χ2n) is 10.3. The molecular weight excluding hydrogens is 471 g/mol. The van der Waals surface area contributed by atoms with E-state index in [-0.39, 0.29) is 23.8 Å². The lowest BCUT2D eigenvalue weighted by atomic mass is 9.79. The molecule has 4 N–H and O–H groups in total. The Bertz CT molecular complexity index is 1270. The Labute approximate surface area is 206 Å². The number of benzene rings is 2. The average Bonchev–Trinajstić information content (AvgIpc) is 3.59. The molecular formula is C27H30F3N3O3+2. The van der Waals surface area contributed by atoms with E-state index in [1.165, 1.54) is 43.3 Å². The highest BCUT2D eigenvalue weighted by molar-refractivity contribution is 5.86. The molecule has 0 spiro atoms. The van der Waals surface area contributed by atoms with E-state index < -0.39 is 12.4 Å². The third-order valence-corrected chi connectivity index (χ3v) is 8.06. The maximum Gasteiger partial charge on any atom is 0.573 e. The van der Waals surface area contributed by atoms with Crippen LogP contribution in [0.4, 0.5) is 13.2 Å². The Morgan fingerprint density at radius 1 is 1.03 bits per heavy atom. The van der Waals surface area contributed by atoms with Crippen LogP contribution >= 0.6 is 0 Å². The number of piperidine rings is 1. The molecule has 3 aromatic rings. The number of nitrogens with one attached hydrogen (secondary N) is 2. The zero-order valence-electron chi connectivity index (χ0n) is 20.0. The standard InChI is InChI=1S/C27H28F3N3O3/c1-35-26(34)24-14-20-19-4-2-3-5-21(19)32-25(20)23-13-17(31-16-8-9-16)12-22(33(23)24)15-6-10-18(11-7-15)36-27(28,29)30/h2-7,10-11,16-17,22-24,31-32H,8-9,12-14H2,1H3/p+2. The summed E-state index contributed by atoms with van der Waals surface area (Å²) in [5, 5.41) is 3.61. The molecule has 190 valence electrons. The van der Waals surface area contributed by atoms with Crippen LogP contribution in [0.3, 0.4) is 0 Å². The van der Waals surface area contributed by atoms with Crippen molar-refractivity contribution in [2.75, 3.05) is 7.11 Å². The molecule has 6 nitrogen and oxygen atoms in total. The fourth-order valence-corrected chi connectivity index (χ4v) is 6.47. The molecule has 2 aromatic carbocycles. The smallest absolute Gasteiger partial charge is 0.465 e. The lowest BCUT2D eigenvalue weighted by Crippen LogP contribution is -3.20. The number of methoxy groups -OCH3 is 1. The van der Waals surface area contributed by atoms with Crippen molar-refractivity contribution in [2.45, 2.75) is 68.7 Å². The maximum absolute atomic E-state index is 13.1. The Hall–Kier alpha value is -3.04. The Kier molecular flexibility index (Phi) is 5.72. The van der Waals surface area contributed by atoms with Gasteiger partial charge in [0.05, 0.1) is 37.7 Å². The molecule has 1 saturated heterocycles. The third-order valence-electron chi connectivity index (χ3n) is 8.06. The summed E-state index contributed by atoms with van der Waals surface area (Å²) in [5.41, 5.74) is 4.31. The number of halogens is 3. The molecule has 5 atom stereocenters. The molecule has 1 saturated carbocycles. The third kappa shape index (κ3) is 4.35. The summed E-state index contributed by atoms with van der Waals surface area (Å²) in [6, 6.07) is 14.9. The van der Waals surface area contributed by atoms with Gasteiger partial charge in [0, 0.05) is 35.7 Å². The first kappa shape index (κ1) is 23.4. The van der Waals surface area contributed by atoms with Gasteiger partial charge in [0.25, 0.3) is 0 Å². The topological polar surface area (TPSA) is 72.4 Å². The van der Waals surface area contributed by atoms with Crippen LogP contribution in [-0.2, 0) is 16.0 Å². The van der Waals surface area contributed by atoms with Crippen LogP contribution in [0.25, 0.3) is 10.9 Å². The lowest BCUT2D eigenvalue weighted by molar-refractivity contribution is -0.991. The zero-order chi connectivity index (χ0) is 25.0. The van der Waals surface area contributed by atoms with Crippen LogP contribution in [0, 0.1) is 0 Å². The van der Waals surface area contributed by atoms with Gasteiger partial charge in [-0.3, -0.25) is 0 Å². The van der Waals surface area contributed by atoms with Crippen LogP contribution in [0.2, 0.25) is 0 Å². The summed E-state index contributed by atoms with van der Waals surface area (Å²) in [5.74, 6) is -0.492. The molecule has 5 unspecified atom stereocenters. The van der Waals surface area contributed by atoms with Crippen LogP contribution in [0.15, 0.2) is 48.5 Å². The first-order valence-corrected chi connectivity index (χ1v) is 12.6. The van der Waals surface area contributed by atoms with E-state index in [2.05, 4.69) is 27.2 Å². The molecule has 36 heavy (non-hydrogen) atoms. The summed E-state index contributed by atoms with van der Waals surface area (Å²) in [4.78, 5) is 17.9. The number of hydrogen-bond donors (Lipinski definition) is 3. The molecule has 6 rings (SSSR count). The molecule has 3 heterocycles. The van der Waals surface area contributed by atoms with E-state index in [1.807, 2.05) is 12.1 Å². The predicted molar refractivity (Wildman–Crippen MR) is 125 cm³/mol. The van der Waals surface area contributed by atoms with Crippen molar-refractivity contribution >= 4 is 16.9 Å². The molecule has 9 heteroatoms. The monoisotopic (exact) mass is 501 g/mol. The average molecular weight is 502 g/mol. The number of quaternary nitrogens is 2. The van der Waals surface area contributed by atoms with E-state index in [0.29, 0.717) is 18.5 Å². The summed E-state index contributed by atoms with van der Waals surface area (Å²) in [6.45, 7) is 0. The quantitative estimate of drug-likeness (QED) is 0.471. The van der Waals surface area contributed by atoms with E-state index in [4.69, 9.17) is 4.74 Å².